The van der Waals surface area contributed by atoms with Crippen molar-refractivity contribution < 1.29 is 13.2 Å². The van der Waals surface area contributed by atoms with E-state index in [-0.39, 0.29) is 5.56 Å². The summed E-state index contributed by atoms with van der Waals surface area (Å²) in [6, 6.07) is 5.06. The zero-order valence-corrected chi connectivity index (χ0v) is 12.2. The van der Waals surface area contributed by atoms with Gasteiger partial charge in [-0.3, -0.25) is 0 Å². The highest BCUT2D eigenvalue weighted by Gasteiger charge is 2.35. The summed E-state index contributed by atoms with van der Waals surface area (Å²) in [7, 11) is 1.64. The molecule has 0 aliphatic rings. The second-order valence-corrected chi connectivity index (χ2v) is 5.74. The summed E-state index contributed by atoms with van der Waals surface area (Å²) in [6.45, 7) is 3.77. The van der Waals surface area contributed by atoms with Crippen LogP contribution in [0.3, 0.4) is 0 Å². The van der Waals surface area contributed by atoms with Crippen LogP contribution in [0.25, 0.3) is 0 Å². The van der Waals surface area contributed by atoms with Gasteiger partial charge in [-0.25, -0.2) is 4.98 Å². The van der Waals surface area contributed by atoms with Crippen molar-refractivity contribution in [3.05, 3.63) is 51.0 Å². The van der Waals surface area contributed by atoms with Crippen LogP contribution in [-0.4, -0.2) is 12.0 Å². The van der Waals surface area contributed by atoms with E-state index in [0.717, 1.165) is 16.6 Å². The van der Waals surface area contributed by atoms with Gasteiger partial charge >= 0.3 is 6.18 Å². The topological polar surface area (TPSA) is 24.9 Å². The van der Waals surface area contributed by atoms with Crippen LogP contribution in [0.15, 0.2) is 24.3 Å². The third-order valence-corrected chi connectivity index (χ3v) is 4.30. The highest BCUT2D eigenvalue weighted by molar-refractivity contribution is 7.11. The molecule has 2 nitrogen and oxygen atoms in total. The first-order valence-corrected chi connectivity index (χ1v) is 6.93. The molecule has 0 saturated heterocycles. The fourth-order valence-electron chi connectivity index (χ4n) is 2.04. The van der Waals surface area contributed by atoms with Crippen LogP contribution >= 0.6 is 11.3 Å². The van der Waals surface area contributed by atoms with Crippen LogP contribution in [0, 0.1) is 13.8 Å². The van der Waals surface area contributed by atoms with Crippen molar-refractivity contribution in [3.63, 3.8) is 0 Å². The molecule has 0 aliphatic heterocycles. The molecule has 0 radical (unpaired) electrons. The molecule has 0 saturated carbocycles. The summed E-state index contributed by atoms with van der Waals surface area (Å²) < 4.78 is 39.3. The van der Waals surface area contributed by atoms with Crippen LogP contribution in [0.5, 0.6) is 0 Å². The first kappa shape index (κ1) is 15.0. The Morgan fingerprint density at radius 2 is 1.85 bits per heavy atom. The van der Waals surface area contributed by atoms with Gasteiger partial charge in [0.25, 0.3) is 0 Å². The molecule has 2 rings (SSSR count). The van der Waals surface area contributed by atoms with Crippen molar-refractivity contribution in [1.29, 1.82) is 0 Å². The molecule has 1 heterocycles. The third kappa shape index (κ3) is 2.86. The van der Waals surface area contributed by atoms with Gasteiger partial charge in [-0.15, -0.1) is 11.3 Å². The van der Waals surface area contributed by atoms with E-state index in [1.165, 1.54) is 23.5 Å². The average molecular weight is 300 g/mol. The maximum atomic E-state index is 13.1. The number of hydrogen-bond donors (Lipinski definition) is 1. The third-order valence-electron chi connectivity index (χ3n) is 3.16. The maximum absolute atomic E-state index is 13.1. The molecular formula is C14H15F3N2S. The van der Waals surface area contributed by atoms with Crippen LogP contribution in [0.2, 0.25) is 0 Å². The summed E-state index contributed by atoms with van der Waals surface area (Å²) in [5.74, 6) is 0. The first-order chi connectivity index (χ1) is 9.34. The van der Waals surface area contributed by atoms with Crippen molar-refractivity contribution in [2.24, 2.45) is 0 Å². The number of aromatic nitrogens is 1. The number of nitrogens with one attached hydrogen (secondary N) is 1. The Labute approximate surface area is 119 Å². The molecule has 0 fully saturated rings. The van der Waals surface area contributed by atoms with Crippen molar-refractivity contribution in [1.82, 2.24) is 10.3 Å². The van der Waals surface area contributed by atoms with Crippen LogP contribution in [-0.2, 0) is 6.18 Å². The van der Waals surface area contributed by atoms with Gasteiger partial charge in [0, 0.05) is 4.88 Å². The zero-order valence-electron chi connectivity index (χ0n) is 11.4. The molecule has 0 amide bonds. The second-order valence-electron chi connectivity index (χ2n) is 4.50. The number of benzene rings is 1. The molecule has 1 N–H and O–H groups in total. The quantitative estimate of drug-likeness (QED) is 0.923. The number of nitrogens with zero attached hydrogens (tertiary/aromatic N) is 1. The van der Waals surface area contributed by atoms with Gasteiger partial charge in [-0.2, -0.15) is 13.2 Å². The molecule has 1 atom stereocenters. The van der Waals surface area contributed by atoms with Crippen LogP contribution in [0.1, 0.15) is 32.7 Å². The molecule has 2 aromatic rings. The van der Waals surface area contributed by atoms with Gasteiger partial charge in [0.15, 0.2) is 0 Å². The van der Waals surface area contributed by atoms with Gasteiger partial charge in [-0.1, -0.05) is 18.2 Å². The van der Waals surface area contributed by atoms with E-state index < -0.39 is 17.8 Å². The molecule has 0 bridgehead atoms. The van der Waals surface area contributed by atoms with Gasteiger partial charge in [0.05, 0.1) is 17.3 Å². The van der Waals surface area contributed by atoms with E-state index in [1.807, 2.05) is 13.8 Å². The predicted octanol–water partition coefficient (Wildman–Crippen LogP) is 4.09. The average Bonchev–Trinajstić information content (AvgIpc) is 2.70. The van der Waals surface area contributed by atoms with Crippen molar-refractivity contribution in [2.45, 2.75) is 26.1 Å². The molecule has 108 valence electrons. The fraction of sp³-hybridized carbons (Fsp3) is 0.357. The van der Waals surface area contributed by atoms with E-state index >= 15 is 0 Å². The molecule has 1 aromatic heterocycles. The number of hydrogen-bond acceptors (Lipinski definition) is 3. The molecular weight excluding hydrogens is 285 g/mol. The van der Waals surface area contributed by atoms with Crippen molar-refractivity contribution in [2.75, 3.05) is 7.05 Å². The minimum absolute atomic E-state index is 0.205. The van der Waals surface area contributed by atoms with Gasteiger partial charge < -0.3 is 5.32 Å². The van der Waals surface area contributed by atoms with E-state index in [0.29, 0.717) is 5.01 Å². The van der Waals surface area contributed by atoms with E-state index in [4.69, 9.17) is 0 Å². The Balaban J connectivity index is 2.53. The Kier molecular flexibility index (Phi) is 4.15. The summed E-state index contributed by atoms with van der Waals surface area (Å²) in [5.41, 5.74) is 0.441. The van der Waals surface area contributed by atoms with E-state index in [9.17, 15) is 13.2 Å². The lowest BCUT2D eigenvalue weighted by molar-refractivity contribution is -0.138. The number of thiazole rings is 1. The molecule has 20 heavy (non-hydrogen) atoms. The number of aryl methyl sites for hydroxylation is 2. The Bertz CT molecular complexity index is 585. The van der Waals surface area contributed by atoms with Crippen LogP contribution < -0.4 is 5.32 Å². The molecule has 1 unspecified atom stereocenters. The first-order valence-electron chi connectivity index (χ1n) is 6.12. The SMILES string of the molecule is CNC(c1nc(C)c(C)s1)c1ccccc1C(F)(F)F. The van der Waals surface area contributed by atoms with Gasteiger partial charge in [-0.05, 0) is 32.5 Å². The van der Waals surface area contributed by atoms with E-state index in [2.05, 4.69) is 10.3 Å². The van der Waals surface area contributed by atoms with Crippen LogP contribution in [0.4, 0.5) is 13.2 Å². The van der Waals surface area contributed by atoms with Crippen molar-refractivity contribution in [3.8, 4) is 0 Å². The summed E-state index contributed by atoms with van der Waals surface area (Å²) in [4.78, 5) is 5.39. The minimum atomic E-state index is -4.37. The number of alkyl halides is 3. The lowest BCUT2D eigenvalue weighted by atomic mass is 10.0. The fourth-order valence-corrected chi connectivity index (χ4v) is 3.09. The Morgan fingerprint density at radius 1 is 1.20 bits per heavy atom. The van der Waals surface area contributed by atoms with E-state index in [1.54, 1.807) is 13.1 Å². The lowest BCUT2D eigenvalue weighted by Gasteiger charge is -2.19. The normalized spacial score (nSPS) is 13.5. The maximum Gasteiger partial charge on any atom is 0.416 e. The standard InChI is InChI=1S/C14H15F3N2S/c1-8-9(2)20-13(19-8)12(18-3)10-6-4-5-7-11(10)14(15,16)17/h4-7,12,18H,1-3H3. The minimum Gasteiger partial charge on any atom is -0.307 e. The Morgan fingerprint density at radius 3 is 2.35 bits per heavy atom. The molecule has 6 heteroatoms. The summed E-state index contributed by atoms with van der Waals surface area (Å²) in [5, 5.41) is 3.59. The highest BCUT2D eigenvalue weighted by Crippen LogP contribution is 2.37. The van der Waals surface area contributed by atoms with Gasteiger partial charge in [0.2, 0.25) is 0 Å². The second kappa shape index (κ2) is 5.54. The zero-order chi connectivity index (χ0) is 14.9. The lowest BCUT2D eigenvalue weighted by Crippen LogP contribution is -2.21. The largest absolute Gasteiger partial charge is 0.416 e. The molecule has 0 aliphatic carbocycles. The molecule has 0 spiro atoms. The smallest absolute Gasteiger partial charge is 0.307 e. The highest BCUT2D eigenvalue weighted by atomic mass is 32.1. The molecule has 1 aromatic carbocycles. The Hall–Kier alpha value is -1.40. The predicted molar refractivity (Wildman–Crippen MR) is 73.9 cm³/mol. The van der Waals surface area contributed by atoms with Gasteiger partial charge in [0.1, 0.15) is 5.01 Å². The summed E-state index contributed by atoms with van der Waals surface area (Å²) in [6.07, 6.45) is -4.37. The number of rotatable bonds is 3. The number of halogens is 3. The monoisotopic (exact) mass is 300 g/mol. The summed E-state index contributed by atoms with van der Waals surface area (Å²) >= 11 is 1.42. The van der Waals surface area contributed by atoms with Crippen molar-refractivity contribution >= 4 is 11.3 Å².